The highest BCUT2D eigenvalue weighted by Gasteiger charge is 2.44. The Balaban J connectivity index is 0.973. The standard InChI is InChI=1S/C37H42N6O2/c1-25-38-32-9-5-6-10-34(32)43(25)30-22-28-12-13-29(23-30)42(28)20-17-37(27-7-3-2-4-8-27)15-18-41(19-16-37)36(45)26-11-14-31-33(21-26)40-35(24-44)39-31/h2-11,14,21,28-30,44H,12-13,15-20,22-24H2,1H3,(H,39,40)/t28-,29+,30+. The Labute approximate surface area is 264 Å². The van der Waals surface area contributed by atoms with E-state index >= 15 is 0 Å². The highest BCUT2D eigenvalue weighted by Crippen LogP contribution is 2.45. The maximum absolute atomic E-state index is 13.6. The number of hydrogen-bond acceptors (Lipinski definition) is 5. The van der Waals surface area contributed by atoms with Crippen LogP contribution in [0.1, 0.15) is 78.6 Å². The van der Waals surface area contributed by atoms with Crippen molar-refractivity contribution in [2.75, 3.05) is 19.6 Å². The van der Waals surface area contributed by atoms with Gasteiger partial charge in [0.1, 0.15) is 18.3 Å². The van der Waals surface area contributed by atoms with Crippen molar-refractivity contribution in [1.82, 2.24) is 29.3 Å². The molecule has 1 amide bonds. The molecule has 3 aliphatic heterocycles. The number of aromatic amines is 1. The molecule has 3 aliphatic rings. The van der Waals surface area contributed by atoms with Crippen LogP contribution in [0.4, 0.5) is 0 Å². The van der Waals surface area contributed by atoms with Gasteiger partial charge in [-0.15, -0.1) is 0 Å². The van der Waals surface area contributed by atoms with Gasteiger partial charge in [0.2, 0.25) is 0 Å². The first kappa shape index (κ1) is 28.5. The molecule has 5 heterocycles. The Morgan fingerprint density at radius 2 is 1.64 bits per heavy atom. The molecular weight excluding hydrogens is 560 g/mol. The monoisotopic (exact) mass is 602 g/mol. The van der Waals surface area contributed by atoms with Gasteiger partial charge in [0.15, 0.2) is 0 Å². The second-order valence-corrected chi connectivity index (χ2v) is 13.5. The number of carbonyl (C=O) groups is 1. The first-order valence-electron chi connectivity index (χ1n) is 16.6. The fraction of sp³-hybridized carbons (Fsp3) is 0.432. The first-order chi connectivity index (χ1) is 22.0. The number of amides is 1. The number of imidazole rings is 2. The number of H-pyrrole nitrogens is 1. The number of rotatable bonds is 7. The zero-order chi connectivity index (χ0) is 30.5. The van der Waals surface area contributed by atoms with Crippen LogP contribution in [-0.2, 0) is 12.0 Å². The minimum atomic E-state index is -0.146. The van der Waals surface area contributed by atoms with Crippen molar-refractivity contribution in [3.63, 3.8) is 0 Å². The van der Waals surface area contributed by atoms with Crippen LogP contribution in [0.2, 0.25) is 0 Å². The van der Waals surface area contributed by atoms with Gasteiger partial charge >= 0.3 is 0 Å². The molecule has 232 valence electrons. The summed E-state index contributed by atoms with van der Waals surface area (Å²) in [6.07, 6.45) is 8.01. The molecule has 3 saturated heterocycles. The van der Waals surface area contributed by atoms with Crippen LogP contribution in [0.5, 0.6) is 0 Å². The summed E-state index contributed by atoms with van der Waals surface area (Å²) in [4.78, 5) is 30.9. The van der Waals surface area contributed by atoms with E-state index in [0.29, 0.717) is 29.5 Å². The number of aromatic nitrogens is 4. The molecule has 2 N–H and O–H groups in total. The van der Waals surface area contributed by atoms with E-state index in [1.807, 2.05) is 23.1 Å². The highest BCUT2D eigenvalue weighted by atomic mass is 16.3. The molecule has 0 saturated carbocycles. The van der Waals surface area contributed by atoms with E-state index in [1.54, 1.807) is 0 Å². The summed E-state index contributed by atoms with van der Waals surface area (Å²) in [6.45, 7) is 4.62. The van der Waals surface area contributed by atoms with E-state index in [9.17, 15) is 9.90 Å². The summed E-state index contributed by atoms with van der Waals surface area (Å²) in [6, 6.07) is 27.0. The number of piperidine rings is 2. The summed E-state index contributed by atoms with van der Waals surface area (Å²) in [5.41, 5.74) is 6.08. The fourth-order valence-electron chi connectivity index (χ4n) is 8.86. The molecule has 8 heteroatoms. The molecule has 3 aromatic carbocycles. The summed E-state index contributed by atoms with van der Waals surface area (Å²) >= 11 is 0. The number of carbonyl (C=O) groups excluding carboxylic acids is 1. The van der Waals surface area contributed by atoms with Gasteiger partial charge in [0.25, 0.3) is 5.91 Å². The molecule has 0 radical (unpaired) electrons. The summed E-state index contributed by atoms with van der Waals surface area (Å²) in [5.74, 6) is 1.72. The van der Waals surface area contributed by atoms with Crippen LogP contribution < -0.4 is 0 Å². The van der Waals surface area contributed by atoms with Gasteiger partial charge in [-0.1, -0.05) is 42.5 Å². The average molecular weight is 603 g/mol. The minimum Gasteiger partial charge on any atom is -0.388 e. The average Bonchev–Trinajstić information content (AvgIpc) is 3.73. The summed E-state index contributed by atoms with van der Waals surface area (Å²) < 4.78 is 2.52. The van der Waals surface area contributed by atoms with E-state index < -0.39 is 0 Å². The third-order valence-electron chi connectivity index (χ3n) is 11.2. The molecule has 5 aromatic rings. The Morgan fingerprint density at radius 3 is 2.40 bits per heavy atom. The molecule has 8 nitrogen and oxygen atoms in total. The van der Waals surface area contributed by atoms with Gasteiger partial charge in [-0.3, -0.25) is 9.69 Å². The topological polar surface area (TPSA) is 90.3 Å². The Morgan fingerprint density at radius 1 is 0.911 bits per heavy atom. The molecule has 0 aliphatic carbocycles. The van der Waals surface area contributed by atoms with Gasteiger partial charge < -0.3 is 19.6 Å². The number of nitrogens with zero attached hydrogens (tertiary/aromatic N) is 5. The predicted octanol–water partition coefficient (Wildman–Crippen LogP) is 6.15. The number of aryl methyl sites for hydroxylation is 1. The molecule has 0 spiro atoms. The van der Waals surface area contributed by atoms with Crippen molar-refractivity contribution in [2.45, 2.75) is 82.0 Å². The molecule has 0 unspecified atom stereocenters. The van der Waals surface area contributed by atoms with Crippen molar-refractivity contribution in [3.8, 4) is 0 Å². The normalized spacial score (nSPS) is 23.2. The second-order valence-electron chi connectivity index (χ2n) is 13.5. The molecular formula is C37H42N6O2. The molecule has 2 bridgehead atoms. The third kappa shape index (κ3) is 5.04. The van der Waals surface area contributed by atoms with Gasteiger partial charge in [-0.2, -0.15) is 0 Å². The Bertz CT molecular complexity index is 1820. The maximum atomic E-state index is 13.6. The molecule has 2 aromatic heterocycles. The minimum absolute atomic E-state index is 0.0643. The van der Waals surface area contributed by atoms with Crippen molar-refractivity contribution >= 4 is 28.0 Å². The quantitative estimate of drug-likeness (QED) is 0.233. The summed E-state index contributed by atoms with van der Waals surface area (Å²) in [5, 5.41) is 9.44. The zero-order valence-corrected chi connectivity index (χ0v) is 26.0. The largest absolute Gasteiger partial charge is 0.388 e. The zero-order valence-electron chi connectivity index (χ0n) is 26.0. The first-order valence-corrected chi connectivity index (χ1v) is 16.6. The van der Waals surface area contributed by atoms with Gasteiger partial charge in [0, 0.05) is 36.8 Å². The van der Waals surface area contributed by atoms with Gasteiger partial charge in [-0.05, 0) is 99.7 Å². The number of hydrogen-bond donors (Lipinski definition) is 2. The van der Waals surface area contributed by atoms with Crippen molar-refractivity contribution in [2.24, 2.45) is 0 Å². The SMILES string of the molecule is Cc1nc2ccccc2n1[C@H]1C[C@H]2CC[C@@H](C1)N2CCC1(c2ccccc2)CCN(C(=O)c2ccc3nc(CO)[nH]c3c2)CC1. The number of likely N-dealkylation sites (tertiary alicyclic amines) is 1. The predicted molar refractivity (Wildman–Crippen MR) is 176 cm³/mol. The van der Waals surface area contributed by atoms with Gasteiger partial charge in [-0.25, -0.2) is 9.97 Å². The Kier molecular flexibility index (Phi) is 7.22. The van der Waals surface area contributed by atoms with Crippen LogP contribution in [0.3, 0.4) is 0 Å². The number of benzene rings is 3. The number of aliphatic hydroxyl groups excluding tert-OH is 1. The number of nitrogens with one attached hydrogen (secondary N) is 1. The lowest BCUT2D eigenvalue weighted by atomic mass is 9.70. The lowest BCUT2D eigenvalue weighted by molar-refractivity contribution is 0.0607. The fourth-order valence-corrected chi connectivity index (χ4v) is 8.86. The Hall–Kier alpha value is -4.01. The second kappa shape index (κ2) is 11.4. The molecule has 3 atom stereocenters. The van der Waals surface area contributed by atoms with Crippen LogP contribution in [0.15, 0.2) is 72.8 Å². The van der Waals surface area contributed by atoms with E-state index in [-0.39, 0.29) is 17.9 Å². The van der Waals surface area contributed by atoms with E-state index in [2.05, 4.69) is 81.0 Å². The van der Waals surface area contributed by atoms with Crippen LogP contribution in [-0.4, -0.2) is 72.1 Å². The smallest absolute Gasteiger partial charge is 0.253 e. The molecule has 8 rings (SSSR count). The lowest BCUT2D eigenvalue weighted by Gasteiger charge is -2.45. The van der Waals surface area contributed by atoms with Crippen molar-refractivity contribution < 1.29 is 9.90 Å². The van der Waals surface area contributed by atoms with E-state index in [4.69, 9.17) is 4.98 Å². The van der Waals surface area contributed by atoms with Gasteiger partial charge in [0.05, 0.1) is 22.1 Å². The van der Waals surface area contributed by atoms with Crippen LogP contribution in [0, 0.1) is 6.92 Å². The molecule has 3 fully saturated rings. The number of aliphatic hydroxyl groups is 1. The maximum Gasteiger partial charge on any atom is 0.253 e. The van der Waals surface area contributed by atoms with E-state index in [1.165, 1.54) is 36.8 Å². The summed E-state index contributed by atoms with van der Waals surface area (Å²) in [7, 11) is 0. The number of para-hydroxylation sites is 2. The van der Waals surface area contributed by atoms with Crippen LogP contribution in [0.25, 0.3) is 22.1 Å². The lowest BCUT2D eigenvalue weighted by Crippen LogP contribution is -2.49. The highest BCUT2D eigenvalue weighted by molar-refractivity contribution is 5.97. The van der Waals surface area contributed by atoms with Crippen molar-refractivity contribution in [1.29, 1.82) is 0 Å². The van der Waals surface area contributed by atoms with E-state index in [0.717, 1.165) is 61.3 Å². The third-order valence-corrected chi connectivity index (χ3v) is 11.2. The number of fused-ring (bicyclic) bond motifs is 4. The molecule has 45 heavy (non-hydrogen) atoms. The van der Waals surface area contributed by atoms with Crippen molar-refractivity contribution in [3.05, 3.63) is 95.6 Å². The van der Waals surface area contributed by atoms with Crippen LogP contribution >= 0.6 is 0 Å².